The molecule has 0 saturated heterocycles. The standard InChI is InChI=1S/C20H19NO3/c1-3-21-12-17(16-6-4-5-7-18(16)21)20(23)24-13-19(22)15-10-8-14(2)9-11-15/h4-12H,3,13H2,1-2H3. The van der Waals surface area contributed by atoms with E-state index in [1.165, 1.54) is 0 Å². The maximum absolute atomic E-state index is 12.4. The summed E-state index contributed by atoms with van der Waals surface area (Å²) in [6, 6.07) is 14.9. The van der Waals surface area contributed by atoms with Crippen molar-refractivity contribution in [1.29, 1.82) is 0 Å². The van der Waals surface area contributed by atoms with E-state index >= 15 is 0 Å². The van der Waals surface area contributed by atoms with Gasteiger partial charge in [-0.3, -0.25) is 4.79 Å². The molecule has 0 amide bonds. The molecule has 0 radical (unpaired) electrons. The van der Waals surface area contributed by atoms with Crippen molar-refractivity contribution >= 4 is 22.7 Å². The average Bonchev–Trinajstić information content (AvgIpc) is 2.99. The smallest absolute Gasteiger partial charge is 0.340 e. The molecule has 1 heterocycles. The van der Waals surface area contributed by atoms with Crippen LogP contribution in [0.1, 0.15) is 33.2 Å². The lowest BCUT2D eigenvalue weighted by Gasteiger charge is -2.04. The summed E-state index contributed by atoms with van der Waals surface area (Å²) < 4.78 is 7.23. The number of hydrogen-bond donors (Lipinski definition) is 0. The molecule has 2 aromatic carbocycles. The van der Waals surface area contributed by atoms with E-state index < -0.39 is 5.97 Å². The maximum Gasteiger partial charge on any atom is 0.340 e. The second kappa shape index (κ2) is 6.71. The first-order chi connectivity index (χ1) is 11.6. The van der Waals surface area contributed by atoms with Gasteiger partial charge in [0.05, 0.1) is 5.56 Å². The van der Waals surface area contributed by atoms with E-state index in [0.29, 0.717) is 11.1 Å². The Morgan fingerprint density at radius 3 is 2.46 bits per heavy atom. The van der Waals surface area contributed by atoms with Gasteiger partial charge in [0.1, 0.15) is 0 Å². The van der Waals surface area contributed by atoms with E-state index in [1.54, 1.807) is 18.3 Å². The first-order valence-corrected chi connectivity index (χ1v) is 7.95. The predicted molar refractivity (Wildman–Crippen MR) is 93.4 cm³/mol. The Kier molecular flexibility index (Phi) is 4.47. The number of nitrogens with zero attached hydrogens (tertiary/aromatic N) is 1. The number of Topliss-reactive ketones (excluding diaryl/α,β-unsaturated/α-hetero) is 1. The summed E-state index contributed by atoms with van der Waals surface area (Å²) in [5, 5.41) is 0.840. The van der Waals surface area contributed by atoms with Gasteiger partial charge in [-0.05, 0) is 19.9 Å². The predicted octanol–water partition coefficient (Wildman–Crippen LogP) is 4.01. The van der Waals surface area contributed by atoms with Gasteiger partial charge in [0.25, 0.3) is 0 Å². The van der Waals surface area contributed by atoms with Crippen molar-refractivity contribution < 1.29 is 14.3 Å². The summed E-state index contributed by atoms with van der Waals surface area (Å²) in [4.78, 5) is 24.5. The number of rotatable bonds is 5. The van der Waals surface area contributed by atoms with Crippen molar-refractivity contribution in [2.45, 2.75) is 20.4 Å². The van der Waals surface area contributed by atoms with Gasteiger partial charge in [0.15, 0.2) is 12.4 Å². The summed E-state index contributed by atoms with van der Waals surface area (Å²) >= 11 is 0. The first kappa shape index (κ1) is 16.0. The second-order valence-electron chi connectivity index (χ2n) is 5.71. The van der Waals surface area contributed by atoms with Gasteiger partial charge >= 0.3 is 5.97 Å². The molecular formula is C20H19NO3. The quantitative estimate of drug-likeness (QED) is 0.527. The van der Waals surface area contributed by atoms with Crippen molar-refractivity contribution in [3.8, 4) is 0 Å². The van der Waals surface area contributed by atoms with Crippen molar-refractivity contribution in [2.24, 2.45) is 0 Å². The molecule has 0 saturated carbocycles. The van der Waals surface area contributed by atoms with Gasteiger partial charge in [-0.15, -0.1) is 0 Å². The van der Waals surface area contributed by atoms with Crippen LogP contribution in [0.4, 0.5) is 0 Å². The summed E-state index contributed by atoms with van der Waals surface area (Å²) in [5.74, 6) is -0.679. The molecule has 0 aliphatic carbocycles. The Bertz CT molecular complexity index is 891. The van der Waals surface area contributed by atoms with Gasteiger partial charge in [0.2, 0.25) is 0 Å². The maximum atomic E-state index is 12.4. The molecule has 0 aliphatic rings. The third-order valence-electron chi connectivity index (χ3n) is 4.06. The van der Waals surface area contributed by atoms with Crippen LogP contribution >= 0.6 is 0 Å². The number of para-hydroxylation sites is 1. The average molecular weight is 321 g/mol. The third-order valence-corrected chi connectivity index (χ3v) is 4.06. The molecule has 1 aromatic heterocycles. The van der Waals surface area contributed by atoms with Crippen LogP contribution in [-0.4, -0.2) is 22.9 Å². The second-order valence-corrected chi connectivity index (χ2v) is 5.71. The van der Waals surface area contributed by atoms with Crippen LogP contribution in [0.15, 0.2) is 54.7 Å². The molecule has 4 nitrogen and oxygen atoms in total. The van der Waals surface area contributed by atoms with Gasteiger partial charge in [0, 0.05) is 29.2 Å². The Labute approximate surface area is 140 Å². The van der Waals surface area contributed by atoms with Crippen LogP contribution in [0.5, 0.6) is 0 Å². The molecule has 0 spiro atoms. The third kappa shape index (κ3) is 3.08. The van der Waals surface area contributed by atoms with Crippen LogP contribution in [0.25, 0.3) is 10.9 Å². The molecule has 0 N–H and O–H groups in total. The topological polar surface area (TPSA) is 48.3 Å². The number of aryl methyl sites for hydroxylation is 2. The number of benzene rings is 2. The van der Waals surface area contributed by atoms with Crippen LogP contribution in [-0.2, 0) is 11.3 Å². The molecule has 0 bridgehead atoms. The Balaban J connectivity index is 1.76. The Morgan fingerprint density at radius 2 is 1.75 bits per heavy atom. The van der Waals surface area contributed by atoms with Gasteiger partial charge < -0.3 is 9.30 Å². The van der Waals surface area contributed by atoms with Crippen molar-refractivity contribution in [3.63, 3.8) is 0 Å². The van der Waals surface area contributed by atoms with Gasteiger partial charge in [-0.25, -0.2) is 4.79 Å². The summed E-state index contributed by atoms with van der Waals surface area (Å²) in [7, 11) is 0. The molecule has 4 heteroatoms. The molecular weight excluding hydrogens is 302 g/mol. The van der Waals surface area contributed by atoms with E-state index in [0.717, 1.165) is 23.0 Å². The largest absolute Gasteiger partial charge is 0.454 e. The van der Waals surface area contributed by atoms with E-state index in [4.69, 9.17) is 4.74 Å². The molecule has 3 rings (SSSR count). The van der Waals surface area contributed by atoms with Gasteiger partial charge in [-0.2, -0.15) is 0 Å². The number of hydrogen-bond acceptors (Lipinski definition) is 3. The number of fused-ring (bicyclic) bond motifs is 1. The molecule has 0 fully saturated rings. The minimum atomic E-state index is -0.473. The summed E-state index contributed by atoms with van der Waals surface area (Å²) in [5.41, 5.74) is 3.10. The number of esters is 1. The van der Waals surface area contributed by atoms with E-state index in [1.807, 2.05) is 54.8 Å². The summed E-state index contributed by atoms with van der Waals surface area (Å²) in [6.45, 7) is 4.48. The van der Waals surface area contributed by atoms with E-state index in [2.05, 4.69) is 0 Å². The lowest BCUT2D eigenvalue weighted by molar-refractivity contribution is 0.0476. The van der Waals surface area contributed by atoms with Crippen LogP contribution in [0.2, 0.25) is 0 Å². The molecule has 0 aliphatic heterocycles. The number of ketones is 1. The zero-order valence-corrected chi connectivity index (χ0v) is 13.8. The Morgan fingerprint density at radius 1 is 1.04 bits per heavy atom. The zero-order valence-electron chi connectivity index (χ0n) is 13.8. The highest BCUT2D eigenvalue weighted by molar-refractivity contribution is 6.05. The summed E-state index contributed by atoms with van der Waals surface area (Å²) in [6.07, 6.45) is 1.78. The highest BCUT2D eigenvalue weighted by atomic mass is 16.5. The first-order valence-electron chi connectivity index (χ1n) is 7.95. The SMILES string of the molecule is CCn1cc(C(=O)OCC(=O)c2ccc(C)cc2)c2ccccc21. The van der Waals surface area contributed by atoms with E-state index in [-0.39, 0.29) is 12.4 Å². The van der Waals surface area contributed by atoms with Crippen LogP contribution in [0, 0.1) is 6.92 Å². The fourth-order valence-corrected chi connectivity index (χ4v) is 2.70. The molecule has 0 unspecified atom stereocenters. The van der Waals surface area contributed by atoms with Crippen molar-refractivity contribution in [1.82, 2.24) is 4.57 Å². The number of aromatic nitrogens is 1. The molecule has 24 heavy (non-hydrogen) atoms. The fraction of sp³-hybridized carbons (Fsp3) is 0.200. The number of ether oxygens (including phenoxy) is 1. The fourth-order valence-electron chi connectivity index (χ4n) is 2.70. The van der Waals surface area contributed by atoms with Gasteiger partial charge in [-0.1, -0.05) is 48.0 Å². The lowest BCUT2D eigenvalue weighted by Crippen LogP contribution is -2.14. The molecule has 3 aromatic rings. The number of carbonyl (C=O) groups excluding carboxylic acids is 2. The monoisotopic (exact) mass is 321 g/mol. The normalized spacial score (nSPS) is 10.8. The Hall–Kier alpha value is -2.88. The van der Waals surface area contributed by atoms with E-state index in [9.17, 15) is 9.59 Å². The highest BCUT2D eigenvalue weighted by Crippen LogP contribution is 2.22. The zero-order chi connectivity index (χ0) is 17.1. The minimum absolute atomic E-state index is 0.206. The highest BCUT2D eigenvalue weighted by Gasteiger charge is 2.17. The lowest BCUT2D eigenvalue weighted by atomic mass is 10.1. The van der Waals surface area contributed by atoms with Crippen LogP contribution in [0.3, 0.4) is 0 Å². The molecule has 0 atom stereocenters. The van der Waals surface area contributed by atoms with Crippen molar-refractivity contribution in [2.75, 3.05) is 6.61 Å². The molecule has 122 valence electrons. The van der Waals surface area contributed by atoms with Crippen molar-refractivity contribution in [3.05, 3.63) is 71.4 Å². The van der Waals surface area contributed by atoms with Crippen LogP contribution < -0.4 is 0 Å². The number of carbonyl (C=O) groups is 2. The minimum Gasteiger partial charge on any atom is -0.454 e.